The predicted molar refractivity (Wildman–Crippen MR) is 131 cm³/mol. The molecule has 5 rings (SSSR count). The average Bonchev–Trinajstić information content (AvgIpc) is 3.52. The highest BCUT2D eigenvalue weighted by Gasteiger charge is 2.53. The number of amides is 1. The first-order valence-electron chi connectivity index (χ1n) is 12.5. The molecule has 6 nitrogen and oxygen atoms in total. The molecule has 1 aromatic heterocycles. The number of aryl methyl sites for hydroxylation is 1. The zero-order valence-electron chi connectivity index (χ0n) is 20.9. The zero-order valence-corrected chi connectivity index (χ0v) is 20.9. The van der Waals surface area contributed by atoms with Crippen LogP contribution >= 0.6 is 0 Å². The largest absolute Gasteiger partial charge is 0.495 e. The number of hydrogen-bond donors (Lipinski definition) is 1. The zero-order chi connectivity index (χ0) is 26.3. The lowest BCUT2D eigenvalue weighted by Crippen LogP contribution is -2.51. The summed E-state index contributed by atoms with van der Waals surface area (Å²) in [5, 5.41) is 10.2. The number of piperidine rings is 1. The fraction of sp³-hybridized carbons (Fsp3) is 0.429. The molecule has 2 heterocycles. The van der Waals surface area contributed by atoms with Crippen molar-refractivity contribution in [1.29, 1.82) is 0 Å². The van der Waals surface area contributed by atoms with E-state index in [2.05, 4.69) is 4.98 Å². The standard InChI is InChI=1S/C28H30F3N3O3/c1-17-14-33(16-32-17)23-7-6-18(13-25(23)37-2)20-5-3-8-28(20)9-4-10-34(27(28)36)24(15-35)19-11-21(29)26(31)22(30)12-19/h6-7,11-14,16,20,24,35H,3-5,8-10,15H2,1-2H3/t20?,24-,28?/m0/s1. The number of methoxy groups -OCH3 is 1. The lowest BCUT2D eigenvalue weighted by molar-refractivity contribution is -0.151. The van der Waals surface area contributed by atoms with Gasteiger partial charge in [0.25, 0.3) is 0 Å². The highest BCUT2D eigenvalue weighted by molar-refractivity contribution is 5.85. The van der Waals surface area contributed by atoms with Gasteiger partial charge >= 0.3 is 0 Å². The summed E-state index contributed by atoms with van der Waals surface area (Å²) in [6.45, 7) is 1.74. The van der Waals surface area contributed by atoms with Gasteiger partial charge in [-0.15, -0.1) is 0 Å². The average molecular weight is 514 g/mol. The number of ether oxygens (including phenoxy) is 1. The monoisotopic (exact) mass is 513 g/mol. The topological polar surface area (TPSA) is 67.6 Å². The van der Waals surface area contributed by atoms with E-state index in [1.165, 1.54) is 4.90 Å². The Morgan fingerprint density at radius 1 is 1.16 bits per heavy atom. The summed E-state index contributed by atoms with van der Waals surface area (Å²) in [5.74, 6) is -3.79. The lowest BCUT2D eigenvalue weighted by Gasteiger charge is -2.46. The highest BCUT2D eigenvalue weighted by Crippen LogP contribution is 2.56. The van der Waals surface area contributed by atoms with Crippen molar-refractivity contribution in [3.63, 3.8) is 0 Å². The number of carbonyl (C=O) groups is 1. The number of nitrogens with zero attached hydrogens (tertiary/aromatic N) is 3. The molecule has 1 aliphatic heterocycles. The van der Waals surface area contributed by atoms with Gasteiger partial charge in [-0.3, -0.25) is 4.79 Å². The second kappa shape index (κ2) is 9.85. The maximum absolute atomic E-state index is 14.1. The van der Waals surface area contributed by atoms with Crippen molar-refractivity contribution in [3.05, 3.63) is 77.1 Å². The van der Waals surface area contributed by atoms with Crippen LogP contribution in [-0.4, -0.2) is 45.7 Å². The molecule has 37 heavy (non-hydrogen) atoms. The van der Waals surface area contributed by atoms with Gasteiger partial charge in [0, 0.05) is 12.7 Å². The first-order chi connectivity index (χ1) is 17.8. The Kier molecular flexibility index (Phi) is 6.74. The van der Waals surface area contributed by atoms with Crippen LogP contribution < -0.4 is 4.74 Å². The van der Waals surface area contributed by atoms with Crippen molar-refractivity contribution in [3.8, 4) is 11.4 Å². The van der Waals surface area contributed by atoms with Crippen molar-refractivity contribution < 1.29 is 27.8 Å². The van der Waals surface area contributed by atoms with Crippen LogP contribution in [0.4, 0.5) is 13.2 Å². The number of aliphatic hydroxyl groups is 1. The van der Waals surface area contributed by atoms with Crippen LogP contribution in [0.3, 0.4) is 0 Å². The number of benzene rings is 2. The summed E-state index contributed by atoms with van der Waals surface area (Å²) in [4.78, 5) is 19.9. The van der Waals surface area contributed by atoms with E-state index in [4.69, 9.17) is 4.74 Å². The van der Waals surface area contributed by atoms with Gasteiger partial charge in [0.15, 0.2) is 17.5 Å². The van der Waals surface area contributed by atoms with Crippen molar-refractivity contribution in [2.75, 3.05) is 20.3 Å². The van der Waals surface area contributed by atoms with Gasteiger partial charge in [0.2, 0.25) is 5.91 Å². The van der Waals surface area contributed by atoms with Crippen LogP contribution in [0.25, 0.3) is 5.69 Å². The second-order valence-corrected chi connectivity index (χ2v) is 10.1. The molecule has 1 N–H and O–H groups in total. The Balaban J connectivity index is 1.49. The Morgan fingerprint density at radius 2 is 1.89 bits per heavy atom. The molecule has 196 valence electrons. The third-order valence-electron chi connectivity index (χ3n) is 8.03. The third-order valence-corrected chi connectivity index (χ3v) is 8.03. The highest BCUT2D eigenvalue weighted by atomic mass is 19.2. The van der Waals surface area contributed by atoms with Crippen molar-refractivity contribution >= 4 is 5.91 Å². The first kappa shape index (κ1) is 25.3. The number of aliphatic hydroxyl groups excluding tert-OH is 1. The molecule has 1 saturated carbocycles. The van der Waals surface area contributed by atoms with E-state index in [1.54, 1.807) is 13.4 Å². The predicted octanol–water partition coefficient (Wildman–Crippen LogP) is 5.22. The smallest absolute Gasteiger partial charge is 0.230 e. The van der Waals surface area contributed by atoms with Gasteiger partial charge in [-0.1, -0.05) is 12.5 Å². The van der Waals surface area contributed by atoms with E-state index in [9.17, 15) is 23.1 Å². The van der Waals surface area contributed by atoms with E-state index in [0.717, 1.165) is 41.9 Å². The summed E-state index contributed by atoms with van der Waals surface area (Å²) in [6, 6.07) is 6.72. The number of halogens is 3. The van der Waals surface area contributed by atoms with Gasteiger partial charge in [0.05, 0.1) is 42.9 Å². The van der Waals surface area contributed by atoms with Crippen molar-refractivity contribution in [2.45, 2.75) is 51.0 Å². The van der Waals surface area contributed by atoms with E-state index >= 15 is 0 Å². The number of carbonyl (C=O) groups excluding carboxylic acids is 1. The van der Waals surface area contributed by atoms with Crippen molar-refractivity contribution in [1.82, 2.24) is 14.5 Å². The van der Waals surface area contributed by atoms with Gasteiger partial charge in [-0.05, 0) is 73.9 Å². The number of aromatic nitrogens is 2. The van der Waals surface area contributed by atoms with Crippen LogP contribution in [0.1, 0.15) is 60.9 Å². The van der Waals surface area contributed by atoms with Crippen molar-refractivity contribution in [2.24, 2.45) is 5.41 Å². The summed E-state index contributed by atoms with van der Waals surface area (Å²) < 4.78 is 49.1. The normalized spacial score (nSPS) is 22.6. The molecule has 9 heteroatoms. The molecule has 1 amide bonds. The molecule has 0 bridgehead atoms. The SMILES string of the molecule is COc1cc(C2CCCC23CCCN([C@@H](CO)c2cc(F)c(F)c(F)c2)C3=O)ccc1-n1cnc(C)c1. The van der Waals surface area contributed by atoms with Crippen LogP contribution in [0, 0.1) is 29.8 Å². The Morgan fingerprint density at radius 3 is 2.54 bits per heavy atom. The molecule has 1 saturated heterocycles. The maximum Gasteiger partial charge on any atom is 0.230 e. The molecular formula is C28H30F3N3O3. The molecule has 1 spiro atoms. The fourth-order valence-corrected chi connectivity index (χ4v) is 6.30. The first-order valence-corrected chi connectivity index (χ1v) is 12.5. The van der Waals surface area contributed by atoms with Crippen LogP contribution in [0.2, 0.25) is 0 Å². The number of likely N-dealkylation sites (tertiary alicyclic amines) is 1. The molecule has 3 atom stereocenters. The molecule has 0 radical (unpaired) electrons. The molecular weight excluding hydrogens is 483 g/mol. The van der Waals surface area contributed by atoms with Crippen LogP contribution in [0.15, 0.2) is 42.9 Å². The number of rotatable bonds is 6. The van der Waals surface area contributed by atoms with Crippen LogP contribution in [0.5, 0.6) is 5.75 Å². The van der Waals surface area contributed by atoms with E-state index in [0.29, 0.717) is 31.6 Å². The molecule has 2 unspecified atom stereocenters. The molecule has 2 fully saturated rings. The van der Waals surface area contributed by atoms with Gasteiger partial charge in [-0.2, -0.15) is 0 Å². The summed E-state index contributed by atoms with van der Waals surface area (Å²) in [6.07, 6.45) is 7.36. The second-order valence-electron chi connectivity index (χ2n) is 10.1. The van der Waals surface area contributed by atoms with E-state index < -0.39 is 35.5 Å². The summed E-state index contributed by atoms with van der Waals surface area (Å²) in [5.41, 5.74) is 2.07. The molecule has 2 aliphatic rings. The van der Waals surface area contributed by atoms with E-state index in [1.807, 2.05) is 35.9 Å². The quantitative estimate of drug-likeness (QED) is 0.459. The fourth-order valence-electron chi connectivity index (χ4n) is 6.30. The summed E-state index contributed by atoms with van der Waals surface area (Å²) >= 11 is 0. The molecule has 2 aromatic carbocycles. The molecule has 3 aromatic rings. The summed E-state index contributed by atoms with van der Waals surface area (Å²) in [7, 11) is 1.61. The van der Waals surface area contributed by atoms with Gasteiger partial charge in [0.1, 0.15) is 5.75 Å². The Bertz CT molecular complexity index is 1300. The number of imidazole rings is 1. The lowest BCUT2D eigenvalue weighted by atomic mass is 9.68. The van der Waals surface area contributed by atoms with Gasteiger partial charge < -0.3 is 19.3 Å². The minimum Gasteiger partial charge on any atom is -0.495 e. The maximum atomic E-state index is 14.1. The molecule has 1 aliphatic carbocycles. The third kappa shape index (κ3) is 4.29. The minimum atomic E-state index is -1.57. The van der Waals surface area contributed by atoms with Gasteiger partial charge in [-0.25, -0.2) is 18.2 Å². The minimum absolute atomic E-state index is 0.0421. The van der Waals surface area contributed by atoms with Crippen LogP contribution in [-0.2, 0) is 4.79 Å². The number of hydrogen-bond acceptors (Lipinski definition) is 4. The Hall–Kier alpha value is -3.33. The van der Waals surface area contributed by atoms with E-state index in [-0.39, 0.29) is 17.4 Å². The Labute approximate surface area is 213 Å².